The van der Waals surface area contributed by atoms with Crippen molar-refractivity contribution < 1.29 is 32.9 Å². The molecule has 9 heteroatoms. The minimum Gasteiger partial charge on any atom is -0.391 e. The number of phosphoric acid groups is 1. The summed E-state index contributed by atoms with van der Waals surface area (Å²) in [7, 11) is 1.63. The number of nitrogens with zero attached hydrogens (tertiary/aromatic N) is 1. The Kier molecular flexibility index (Phi) is 68.2. The van der Waals surface area contributed by atoms with Gasteiger partial charge in [0.2, 0.25) is 5.91 Å². The lowest BCUT2D eigenvalue weighted by molar-refractivity contribution is -0.870. The zero-order chi connectivity index (χ0) is 64.8. The molecule has 0 bridgehead atoms. The summed E-state index contributed by atoms with van der Waals surface area (Å²) in [5, 5.41) is 14.2. The second kappa shape index (κ2) is 70.0. The quantitative estimate of drug-likeness (QED) is 0.0243. The van der Waals surface area contributed by atoms with Crippen molar-refractivity contribution in [2.45, 2.75) is 379 Å². The molecule has 0 saturated heterocycles. The molecule has 1 amide bonds. The molecule has 520 valence electrons. The van der Waals surface area contributed by atoms with Crippen molar-refractivity contribution >= 4 is 13.7 Å². The molecule has 0 spiro atoms. The summed E-state index contributed by atoms with van der Waals surface area (Å²) < 4.78 is 23.9. The van der Waals surface area contributed by atoms with Gasteiger partial charge in [0.05, 0.1) is 39.9 Å². The Hall–Kier alpha value is -2.32. The number of allylic oxidation sites excluding steroid dienone is 14. The molecule has 0 aliphatic carbocycles. The predicted molar refractivity (Wildman–Crippen MR) is 392 cm³/mol. The van der Waals surface area contributed by atoms with Gasteiger partial charge in [-0.25, -0.2) is 4.57 Å². The van der Waals surface area contributed by atoms with E-state index in [2.05, 4.69) is 104 Å². The minimum atomic E-state index is -4.33. The number of carbonyl (C=O) groups excluding carboxylic acids is 1. The predicted octanol–water partition coefficient (Wildman–Crippen LogP) is 25.1. The highest BCUT2D eigenvalue weighted by Gasteiger charge is 2.28. The number of rotatable bonds is 71. The molecule has 3 atom stereocenters. The van der Waals surface area contributed by atoms with Crippen LogP contribution in [0.2, 0.25) is 0 Å². The Morgan fingerprint density at radius 1 is 0.393 bits per heavy atom. The number of likely N-dealkylation sites (N-methyl/N-ethyl adjacent to an activating group) is 1. The van der Waals surface area contributed by atoms with Crippen molar-refractivity contribution in [3.8, 4) is 0 Å². The Morgan fingerprint density at radius 2 is 0.674 bits per heavy atom. The Balaban J connectivity index is 3.95. The zero-order valence-corrected chi connectivity index (χ0v) is 60.6. The average molecular weight is 1270 g/mol. The molecule has 3 unspecified atom stereocenters. The summed E-state index contributed by atoms with van der Waals surface area (Å²) in [5.74, 6) is -0.139. The highest BCUT2D eigenvalue weighted by Crippen LogP contribution is 2.43. The van der Waals surface area contributed by atoms with Crippen LogP contribution < -0.4 is 5.32 Å². The van der Waals surface area contributed by atoms with E-state index in [1.54, 1.807) is 0 Å². The molecule has 0 fully saturated rings. The van der Waals surface area contributed by atoms with Crippen LogP contribution in [-0.2, 0) is 18.4 Å². The summed E-state index contributed by atoms with van der Waals surface area (Å²) in [6.45, 7) is 4.82. The third-order valence-electron chi connectivity index (χ3n) is 17.4. The van der Waals surface area contributed by atoms with E-state index in [9.17, 15) is 19.4 Å². The highest BCUT2D eigenvalue weighted by molar-refractivity contribution is 7.47. The van der Waals surface area contributed by atoms with Gasteiger partial charge in [-0.3, -0.25) is 13.8 Å². The highest BCUT2D eigenvalue weighted by atomic mass is 31.2. The summed E-state index contributed by atoms with van der Waals surface area (Å²) >= 11 is 0. The van der Waals surface area contributed by atoms with Crippen molar-refractivity contribution in [1.82, 2.24) is 5.32 Å². The number of unbranched alkanes of at least 4 members (excludes halogenated alkanes) is 44. The van der Waals surface area contributed by atoms with Crippen LogP contribution in [0.25, 0.3) is 0 Å². The van der Waals surface area contributed by atoms with Gasteiger partial charge in [-0.1, -0.05) is 375 Å². The van der Waals surface area contributed by atoms with Crippen molar-refractivity contribution in [2.24, 2.45) is 0 Å². The SMILES string of the molecule is CC/C=C\C/C=C\C/C=C\C/C=C\C/C=C\C/C=C\C/C=C\CCCCCCCCCCCCCCCCCCCCCC(=O)NC(COP(=O)(O)OCC[N+](C)(C)C)C(O)CCCCCCCCCCCCCCCCCCCCCCCCCCCC. The first kappa shape index (κ1) is 86.7. The fraction of sp³-hybridized carbons (Fsp3) is 0.812. The van der Waals surface area contributed by atoms with Gasteiger partial charge >= 0.3 is 7.82 Å². The minimum absolute atomic E-state index is 0.0748. The fourth-order valence-corrected chi connectivity index (χ4v) is 12.2. The van der Waals surface area contributed by atoms with Crippen molar-refractivity contribution in [3.63, 3.8) is 0 Å². The van der Waals surface area contributed by atoms with Crippen LogP contribution in [-0.4, -0.2) is 73.4 Å². The lowest BCUT2D eigenvalue weighted by Gasteiger charge is -2.26. The number of carbonyl (C=O) groups is 1. The molecule has 0 aromatic heterocycles. The lowest BCUT2D eigenvalue weighted by atomic mass is 10.0. The first-order valence-electron chi connectivity index (χ1n) is 38.5. The van der Waals surface area contributed by atoms with Gasteiger partial charge in [0, 0.05) is 6.42 Å². The fourth-order valence-electron chi connectivity index (χ4n) is 11.5. The topological polar surface area (TPSA) is 105 Å². The molecule has 0 aliphatic heterocycles. The maximum Gasteiger partial charge on any atom is 0.472 e. The van der Waals surface area contributed by atoms with Crippen LogP contribution in [0.15, 0.2) is 85.1 Å². The number of aliphatic hydroxyl groups excluding tert-OH is 1. The Morgan fingerprint density at radius 3 is 0.989 bits per heavy atom. The van der Waals surface area contributed by atoms with Gasteiger partial charge in [0.15, 0.2) is 0 Å². The third-order valence-corrected chi connectivity index (χ3v) is 18.4. The first-order chi connectivity index (χ1) is 43.5. The van der Waals surface area contributed by atoms with Gasteiger partial charge in [0.1, 0.15) is 13.2 Å². The molecule has 0 radical (unpaired) electrons. The molecular weight excluding hydrogens is 1120 g/mol. The van der Waals surface area contributed by atoms with E-state index in [0.717, 1.165) is 83.5 Å². The molecule has 0 rings (SSSR count). The van der Waals surface area contributed by atoms with E-state index in [-0.39, 0.29) is 19.1 Å². The lowest BCUT2D eigenvalue weighted by Crippen LogP contribution is -2.46. The zero-order valence-electron chi connectivity index (χ0n) is 59.7. The Bertz CT molecular complexity index is 1730. The second-order valence-electron chi connectivity index (χ2n) is 27.4. The Labute approximate surface area is 554 Å². The largest absolute Gasteiger partial charge is 0.472 e. The summed E-state index contributed by atoms with van der Waals surface area (Å²) in [4.78, 5) is 23.5. The molecule has 0 aromatic rings. The molecule has 0 saturated carbocycles. The average Bonchev–Trinajstić information content (AvgIpc) is 3.61. The van der Waals surface area contributed by atoms with Crippen molar-refractivity contribution in [1.29, 1.82) is 0 Å². The van der Waals surface area contributed by atoms with Crippen molar-refractivity contribution in [2.75, 3.05) is 40.9 Å². The number of hydrogen-bond donors (Lipinski definition) is 3. The third kappa shape index (κ3) is 73.0. The second-order valence-corrected chi connectivity index (χ2v) is 28.8. The number of aliphatic hydroxyl groups is 1. The van der Waals surface area contributed by atoms with Gasteiger partial charge in [-0.05, 0) is 70.6 Å². The van der Waals surface area contributed by atoms with Gasteiger partial charge in [0.25, 0.3) is 0 Å². The number of nitrogens with one attached hydrogen (secondary N) is 1. The van der Waals surface area contributed by atoms with Gasteiger partial charge in [-0.15, -0.1) is 0 Å². The summed E-state index contributed by atoms with van der Waals surface area (Å²) in [5.41, 5.74) is 0. The maximum atomic E-state index is 13.1. The normalized spacial score (nSPS) is 14.0. The van der Waals surface area contributed by atoms with E-state index in [1.165, 1.54) is 257 Å². The van der Waals surface area contributed by atoms with Crippen LogP contribution >= 0.6 is 7.82 Å². The molecule has 3 N–H and O–H groups in total. The molecule has 0 heterocycles. The van der Waals surface area contributed by atoms with Gasteiger partial charge in [-0.2, -0.15) is 0 Å². The van der Waals surface area contributed by atoms with Crippen LogP contribution in [0.4, 0.5) is 0 Å². The maximum absolute atomic E-state index is 13.1. The number of hydrogen-bond acceptors (Lipinski definition) is 5. The number of amides is 1. The van der Waals surface area contributed by atoms with E-state index in [4.69, 9.17) is 9.05 Å². The van der Waals surface area contributed by atoms with Crippen molar-refractivity contribution in [3.05, 3.63) is 85.1 Å². The van der Waals surface area contributed by atoms with Crippen LogP contribution in [0.3, 0.4) is 0 Å². The van der Waals surface area contributed by atoms with E-state index < -0.39 is 20.0 Å². The number of phosphoric ester groups is 1. The van der Waals surface area contributed by atoms with Crippen LogP contribution in [0, 0.1) is 0 Å². The molecule has 8 nitrogen and oxygen atoms in total. The number of quaternary nitrogens is 1. The monoisotopic (exact) mass is 1270 g/mol. The molecule has 0 aliphatic rings. The molecular formula is C80H150N2O6P+. The van der Waals surface area contributed by atoms with Gasteiger partial charge < -0.3 is 19.8 Å². The molecule has 89 heavy (non-hydrogen) atoms. The summed E-state index contributed by atoms with van der Waals surface area (Å²) in [6.07, 6.45) is 100.0. The van der Waals surface area contributed by atoms with Crippen LogP contribution in [0.5, 0.6) is 0 Å². The smallest absolute Gasteiger partial charge is 0.391 e. The molecule has 0 aromatic carbocycles. The van der Waals surface area contributed by atoms with E-state index >= 15 is 0 Å². The first-order valence-corrected chi connectivity index (χ1v) is 39.9. The van der Waals surface area contributed by atoms with Crippen LogP contribution in [0.1, 0.15) is 367 Å². The standard InChI is InChI=1S/C80H149N2O6P/c1-6-8-10-12-14-16-18-20-22-24-26-28-30-32-34-35-36-37-38-39-40-41-42-43-44-45-46-47-48-50-52-54-56-58-60-62-64-66-68-70-72-74-80(84)81-78(77-88-89(85,86)87-76-75-82(3,4)5)79(83)73-71-69-67-65-63-61-59-57-55-53-51-49-33-31-29-27-25-23-21-19-17-15-13-11-9-7-2/h8,10,14,16,20,22,26,28,32,34,36-37,39-40,78-79,83H,6-7,9,11-13,15,17-19,21,23-25,27,29-31,33,35,38,41-77H2,1-5H3,(H-,81,84,85,86)/p+1/b10-8-,16-14-,22-20-,28-26-,34-32-,37-36-,40-39-. The van der Waals surface area contributed by atoms with E-state index in [0.29, 0.717) is 23.9 Å². The van der Waals surface area contributed by atoms with E-state index in [1.807, 2.05) is 21.1 Å². The summed E-state index contributed by atoms with van der Waals surface area (Å²) in [6, 6.07) is -0.764.